The largest absolute Gasteiger partial charge is 0.328 e. The van der Waals surface area contributed by atoms with E-state index in [0.29, 0.717) is 19.3 Å². The van der Waals surface area contributed by atoms with Crippen LogP contribution in [-0.2, 0) is 11.8 Å². The molecule has 0 radical (unpaired) electrons. The number of thiazole rings is 1. The van der Waals surface area contributed by atoms with Gasteiger partial charge in [0.15, 0.2) is 0 Å². The van der Waals surface area contributed by atoms with Crippen molar-refractivity contribution < 1.29 is 4.39 Å². The van der Waals surface area contributed by atoms with Gasteiger partial charge in [-0.2, -0.15) is 0 Å². The molecule has 1 aliphatic carbocycles. The van der Waals surface area contributed by atoms with Gasteiger partial charge in [-0.25, -0.2) is 9.37 Å². The Labute approximate surface area is 113 Å². The Morgan fingerprint density at radius 2 is 2.28 bits per heavy atom. The summed E-state index contributed by atoms with van der Waals surface area (Å²) in [7, 11) is 0. The number of halogens is 1. The van der Waals surface area contributed by atoms with Crippen molar-refractivity contribution in [1.82, 2.24) is 4.98 Å². The normalized spacial score (nSPS) is 29.5. The number of alkyl halides is 1. The first kappa shape index (κ1) is 13.9. The van der Waals surface area contributed by atoms with E-state index in [0.717, 1.165) is 23.5 Å². The zero-order valence-corrected chi connectivity index (χ0v) is 12.3. The van der Waals surface area contributed by atoms with Gasteiger partial charge in [-0.05, 0) is 25.7 Å². The Balaban J connectivity index is 2.07. The maximum absolute atomic E-state index is 14.7. The molecule has 0 bridgehead atoms. The van der Waals surface area contributed by atoms with Crippen LogP contribution in [0, 0.1) is 0 Å². The molecule has 1 aromatic heterocycles. The third-order valence-electron chi connectivity index (χ3n) is 3.62. The molecule has 0 aromatic carbocycles. The van der Waals surface area contributed by atoms with Crippen LogP contribution in [0.25, 0.3) is 0 Å². The van der Waals surface area contributed by atoms with E-state index in [-0.39, 0.29) is 11.5 Å². The maximum Gasteiger partial charge on any atom is 0.118 e. The predicted octanol–water partition coefficient (Wildman–Crippen LogP) is 3.59. The highest BCUT2D eigenvalue weighted by atomic mass is 32.1. The van der Waals surface area contributed by atoms with Crippen molar-refractivity contribution in [2.24, 2.45) is 5.73 Å². The molecule has 18 heavy (non-hydrogen) atoms. The smallest absolute Gasteiger partial charge is 0.118 e. The Morgan fingerprint density at radius 1 is 1.56 bits per heavy atom. The first-order valence-electron chi connectivity index (χ1n) is 6.68. The van der Waals surface area contributed by atoms with Gasteiger partial charge in [0.1, 0.15) is 5.67 Å². The molecule has 1 heterocycles. The van der Waals surface area contributed by atoms with Crippen LogP contribution in [0.15, 0.2) is 5.38 Å². The molecule has 1 saturated carbocycles. The minimum absolute atomic E-state index is 0.0193. The summed E-state index contributed by atoms with van der Waals surface area (Å²) in [5.74, 6) is 0. The Morgan fingerprint density at radius 3 is 2.83 bits per heavy atom. The van der Waals surface area contributed by atoms with Gasteiger partial charge in [-0.3, -0.25) is 0 Å². The van der Waals surface area contributed by atoms with Crippen molar-refractivity contribution in [3.63, 3.8) is 0 Å². The molecule has 102 valence electrons. The fraction of sp³-hybridized carbons (Fsp3) is 0.786. The van der Waals surface area contributed by atoms with Crippen molar-refractivity contribution in [2.75, 3.05) is 0 Å². The molecule has 2 unspecified atom stereocenters. The van der Waals surface area contributed by atoms with Crippen LogP contribution < -0.4 is 5.73 Å². The third kappa shape index (κ3) is 3.29. The topological polar surface area (TPSA) is 38.9 Å². The van der Waals surface area contributed by atoms with E-state index < -0.39 is 5.67 Å². The zero-order chi connectivity index (χ0) is 13.4. The average molecular weight is 270 g/mol. The summed E-state index contributed by atoms with van der Waals surface area (Å²) in [6.45, 7) is 6.40. The fourth-order valence-corrected chi connectivity index (χ4v) is 3.67. The summed E-state index contributed by atoms with van der Waals surface area (Å²) in [5.41, 5.74) is 5.85. The highest BCUT2D eigenvalue weighted by Crippen LogP contribution is 2.35. The molecule has 2 N–H and O–H groups in total. The standard InChI is InChI=1S/C14H23FN2S/c1-13(2,3)11-9-18-12(17-11)8-14(15)6-4-5-10(16)7-14/h9-10H,4-8,16H2,1-3H3. The maximum atomic E-state index is 14.7. The van der Waals surface area contributed by atoms with Crippen molar-refractivity contribution in [1.29, 1.82) is 0 Å². The number of rotatable bonds is 2. The molecule has 2 atom stereocenters. The fourth-order valence-electron chi connectivity index (χ4n) is 2.52. The molecule has 2 rings (SSSR count). The summed E-state index contributed by atoms with van der Waals surface area (Å²) in [6, 6.07) is 0.0193. The number of hydrogen-bond donors (Lipinski definition) is 1. The third-order valence-corrected chi connectivity index (χ3v) is 4.46. The van der Waals surface area contributed by atoms with E-state index in [9.17, 15) is 4.39 Å². The zero-order valence-electron chi connectivity index (χ0n) is 11.5. The van der Waals surface area contributed by atoms with Gasteiger partial charge in [-0.15, -0.1) is 11.3 Å². The van der Waals surface area contributed by atoms with Crippen LogP contribution in [0.3, 0.4) is 0 Å². The van der Waals surface area contributed by atoms with Gasteiger partial charge in [0.25, 0.3) is 0 Å². The minimum atomic E-state index is -1.13. The molecule has 1 aliphatic rings. The van der Waals surface area contributed by atoms with E-state index in [4.69, 9.17) is 5.73 Å². The molecular formula is C14H23FN2S. The van der Waals surface area contributed by atoms with Crippen LogP contribution in [0.2, 0.25) is 0 Å². The molecule has 0 aliphatic heterocycles. The van der Waals surface area contributed by atoms with Crippen molar-refractivity contribution >= 4 is 11.3 Å². The lowest BCUT2D eigenvalue weighted by Gasteiger charge is -2.32. The quantitative estimate of drug-likeness (QED) is 0.892. The van der Waals surface area contributed by atoms with Crippen molar-refractivity contribution in [2.45, 2.75) is 70.0 Å². The van der Waals surface area contributed by atoms with Crippen molar-refractivity contribution in [3.8, 4) is 0 Å². The Kier molecular flexibility index (Phi) is 3.79. The first-order valence-corrected chi connectivity index (χ1v) is 7.56. The van der Waals surface area contributed by atoms with Gasteiger partial charge >= 0.3 is 0 Å². The monoisotopic (exact) mass is 270 g/mol. The summed E-state index contributed by atoms with van der Waals surface area (Å²) in [5, 5.41) is 2.97. The highest BCUT2D eigenvalue weighted by molar-refractivity contribution is 7.09. The van der Waals surface area contributed by atoms with Crippen LogP contribution >= 0.6 is 11.3 Å². The summed E-state index contributed by atoms with van der Waals surface area (Å²) < 4.78 is 14.7. The van der Waals surface area contributed by atoms with Gasteiger partial charge in [-0.1, -0.05) is 20.8 Å². The van der Waals surface area contributed by atoms with Crippen LogP contribution in [0.1, 0.15) is 57.2 Å². The molecule has 0 amide bonds. The van der Waals surface area contributed by atoms with Crippen LogP contribution in [-0.4, -0.2) is 16.7 Å². The van der Waals surface area contributed by atoms with E-state index in [2.05, 4.69) is 31.1 Å². The number of nitrogens with zero attached hydrogens (tertiary/aromatic N) is 1. The molecule has 2 nitrogen and oxygen atoms in total. The second kappa shape index (κ2) is 4.89. The average Bonchev–Trinajstić information content (AvgIpc) is 2.64. The number of nitrogens with two attached hydrogens (primary N) is 1. The first-order chi connectivity index (χ1) is 8.28. The molecular weight excluding hydrogens is 247 g/mol. The molecule has 0 spiro atoms. The molecule has 1 aromatic rings. The Bertz CT molecular complexity index is 410. The molecule has 4 heteroatoms. The molecule has 0 saturated heterocycles. The van der Waals surface area contributed by atoms with Gasteiger partial charge < -0.3 is 5.73 Å². The summed E-state index contributed by atoms with van der Waals surface area (Å²) in [6.07, 6.45) is 3.40. The summed E-state index contributed by atoms with van der Waals surface area (Å²) >= 11 is 1.58. The second-order valence-corrected chi connectivity index (χ2v) is 7.50. The van der Waals surface area contributed by atoms with Crippen LogP contribution in [0.4, 0.5) is 4.39 Å². The van der Waals surface area contributed by atoms with Gasteiger partial charge in [0.2, 0.25) is 0 Å². The van der Waals surface area contributed by atoms with Crippen LogP contribution in [0.5, 0.6) is 0 Å². The highest BCUT2D eigenvalue weighted by Gasteiger charge is 2.36. The number of hydrogen-bond acceptors (Lipinski definition) is 3. The van der Waals surface area contributed by atoms with E-state index in [1.165, 1.54) is 0 Å². The van der Waals surface area contributed by atoms with E-state index in [1.54, 1.807) is 11.3 Å². The molecule has 1 fully saturated rings. The van der Waals surface area contributed by atoms with E-state index >= 15 is 0 Å². The summed E-state index contributed by atoms with van der Waals surface area (Å²) in [4.78, 5) is 4.58. The predicted molar refractivity (Wildman–Crippen MR) is 74.8 cm³/mol. The van der Waals surface area contributed by atoms with E-state index in [1.807, 2.05) is 0 Å². The lowest BCUT2D eigenvalue weighted by Crippen LogP contribution is -2.39. The second-order valence-electron chi connectivity index (χ2n) is 6.56. The lowest BCUT2D eigenvalue weighted by atomic mass is 9.81. The Hall–Kier alpha value is -0.480. The van der Waals surface area contributed by atoms with Crippen molar-refractivity contribution in [3.05, 3.63) is 16.1 Å². The number of aromatic nitrogens is 1. The van der Waals surface area contributed by atoms with Gasteiger partial charge in [0.05, 0.1) is 10.7 Å². The minimum Gasteiger partial charge on any atom is -0.328 e. The lowest BCUT2D eigenvalue weighted by molar-refractivity contribution is 0.0963. The SMILES string of the molecule is CC(C)(C)c1csc(CC2(F)CCCC(N)C2)n1. The van der Waals surface area contributed by atoms with Gasteiger partial charge in [0, 0.05) is 23.3 Å².